The summed E-state index contributed by atoms with van der Waals surface area (Å²) in [5.74, 6) is -0.163. The van der Waals surface area contributed by atoms with Crippen LogP contribution in [-0.4, -0.2) is 52.6 Å². The molecular formula is C15H21FN2O4S. The number of sulfonamides is 1. The van der Waals surface area contributed by atoms with E-state index < -0.39 is 15.8 Å². The monoisotopic (exact) mass is 344 g/mol. The van der Waals surface area contributed by atoms with Crippen molar-refractivity contribution in [2.75, 3.05) is 33.9 Å². The van der Waals surface area contributed by atoms with Crippen LogP contribution in [0.4, 0.5) is 4.39 Å². The molecule has 2 fully saturated rings. The second kappa shape index (κ2) is 6.26. The molecule has 0 radical (unpaired) electrons. The second-order valence-electron chi connectivity index (χ2n) is 5.90. The van der Waals surface area contributed by atoms with Gasteiger partial charge in [-0.3, -0.25) is 0 Å². The number of nitrogens with zero attached hydrogens (tertiary/aromatic N) is 1. The van der Waals surface area contributed by atoms with Gasteiger partial charge in [0, 0.05) is 31.3 Å². The van der Waals surface area contributed by atoms with Crippen molar-refractivity contribution in [3.8, 4) is 11.5 Å². The van der Waals surface area contributed by atoms with Gasteiger partial charge in [0.05, 0.1) is 14.2 Å². The summed E-state index contributed by atoms with van der Waals surface area (Å²) in [5, 5.41) is 3.38. The van der Waals surface area contributed by atoms with Crippen LogP contribution in [0.5, 0.6) is 11.5 Å². The molecule has 2 saturated heterocycles. The van der Waals surface area contributed by atoms with Crippen LogP contribution < -0.4 is 14.8 Å². The van der Waals surface area contributed by atoms with Crippen LogP contribution in [0, 0.1) is 11.7 Å². The SMILES string of the molecule is COc1cc(F)c(S(=O)(=O)N2CCC3NCCC3C2)cc1OC. The summed E-state index contributed by atoms with van der Waals surface area (Å²) in [6.45, 7) is 1.73. The summed E-state index contributed by atoms with van der Waals surface area (Å²) in [7, 11) is -1.12. The summed E-state index contributed by atoms with van der Waals surface area (Å²) in [6, 6.07) is 2.62. The molecule has 3 rings (SSSR count). The first-order chi connectivity index (χ1) is 11.0. The quantitative estimate of drug-likeness (QED) is 0.889. The van der Waals surface area contributed by atoms with Gasteiger partial charge in [-0.25, -0.2) is 12.8 Å². The minimum Gasteiger partial charge on any atom is -0.493 e. The number of halogens is 1. The standard InChI is InChI=1S/C15H21FN2O4S/c1-21-13-7-11(16)15(8-14(13)22-2)23(19,20)18-6-4-12-10(9-18)3-5-17-12/h7-8,10,12,17H,3-6,9H2,1-2H3. The highest BCUT2D eigenvalue weighted by atomic mass is 32.2. The van der Waals surface area contributed by atoms with Gasteiger partial charge in [0.1, 0.15) is 10.7 Å². The normalized spacial score (nSPS) is 25.2. The van der Waals surface area contributed by atoms with Crippen molar-refractivity contribution in [1.82, 2.24) is 9.62 Å². The van der Waals surface area contributed by atoms with E-state index in [1.54, 1.807) is 0 Å². The topological polar surface area (TPSA) is 67.9 Å². The van der Waals surface area contributed by atoms with E-state index in [4.69, 9.17) is 9.47 Å². The summed E-state index contributed by atoms with van der Waals surface area (Å²) in [5.41, 5.74) is 0. The maximum atomic E-state index is 14.3. The number of benzene rings is 1. The highest BCUT2D eigenvalue weighted by molar-refractivity contribution is 7.89. The van der Waals surface area contributed by atoms with Gasteiger partial charge in [0.2, 0.25) is 10.0 Å². The van der Waals surface area contributed by atoms with Gasteiger partial charge in [0.25, 0.3) is 0 Å². The first kappa shape index (κ1) is 16.5. The van der Waals surface area contributed by atoms with E-state index in [0.717, 1.165) is 25.5 Å². The minimum atomic E-state index is -3.89. The largest absolute Gasteiger partial charge is 0.493 e. The molecule has 0 aromatic heterocycles. The van der Waals surface area contributed by atoms with Crippen LogP contribution in [0.2, 0.25) is 0 Å². The molecule has 0 spiro atoms. The Bertz CT molecular complexity index is 695. The molecule has 6 nitrogen and oxygen atoms in total. The van der Waals surface area contributed by atoms with E-state index in [9.17, 15) is 12.8 Å². The van der Waals surface area contributed by atoms with Crippen molar-refractivity contribution in [3.05, 3.63) is 17.9 Å². The smallest absolute Gasteiger partial charge is 0.246 e. The van der Waals surface area contributed by atoms with E-state index in [2.05, 4.69) is 5.32 Å². The Balaban J connectivity index is 1.93. The predicted molar refractivity (Wildman–Crippen MR) is 82.8 cm³/mol. The van der Waals surface area contributed by atoms with Crippen LogP contribution in [0.1, 0.15) is 12.8 Å². The molecule has 2 heterocycles. The Morgan fingerprint density at radius 3 is 2.61 bits per heavy atom. The lowest BCUT2D eigenvalue weighted by molar-refractivity contribution is 0.246. The summed E-state index contributed by atoms with van der Waals surface area (Å²) >= 11 is 0. The van der Waals surface area contributed by atoms with Gasteiger partial charge in [-0.1, -0.05) is 0 Å². The first-order valence-corrected chi connectivity index (χ1v) is 9.06. The van der Waals surface area contributed by atoms with Crippen molar-refractivity contribution in [2.24, 2.45) is 5.92 Å². The molecule has 8 heteroatoms. The van der Waals surface area contributed by atoms with Crippen LogP contribution in [0.3, 0.4) is 0 Å². The molecule has 2 atom stereocenters. The first-order valence-electron chi connectivity index (χ1n) is 7.62. The molecule has 1 N–H and O–H groups in total. The van der Waals surface area contributed by atoms with E-state index >= 15 is 0 Å². The second-order valence-corrected chi connectivity index (χ2v) is 7.81. The lowest BCUT2D eigenvalue weighted by Gasteiger charge is -2.34. The molecule has 0 bridgehead atoms. The third kappa shape index (κ3) is 2.90. The van der Waals surface area contributed by atoms with Gasteiger partial charge in [-0.05, 0) is 25.3 Å². The fourth-order valence-corrected chi connectivity index (χ4v) is 4.98. The molecule has 0 saturated carbocycles. The lowest BCUT2D eigenvalue weighted by Crippen LogP contribution is -2.46. The average Bonchev–Trinajstić information content (AvgIpc) is 3.01. The van der Waals surface area contributed by atoms with Gasteiger partial charge >= 0.3 is 0 Å². The van der Waals surface area contributed by atoms with Crippen molar-refractivity contribution >= 4 is 10.0 Å². The fourth-order valence-electron chi connectivity index (χ4n) is 3.40. The summed E-state index contributed by atoms with van der Waals surface area (Å²) < 4.78 is 51.5. The average molecular weight is 344 g/mol. The highest BCUT2D eigenvalue weighted by Gasteiger charge is 2.38. The maximum absolute atomic E-state index is 14.3. The molecule has 128 valence electrons. The minimum absolute atomic E-state index is 0.169. The van der Waals surface area contributed by atoms with Gasteiger partial charge in [-0.2, -0.15) is 4.31 Å². The molecule has 2 unspecified atom stereocenters. The number of ether oxygens (including phenoxy) is 2. The van der Waals surface area contributed by atoms with E-state index in [1.165, 1.54) is 24.6 Å². The molecule has 0 aliphatic carbocycles. The van der Waals surface area contributed by atoms with Crippen molar-refractivity contribution in [2.45, 2.75) is 23.8 Å². The third-order valence-corrected chi connectivity index (χ3v) is 6.55. The highest BCUT2D eigenvalue weighted by Crippen LogP contribution is 2.35. The van der Waals surface area contributed by atoms with E-state index in [-0.39, 0.29) is 16.4 Å². The van der Waals surface area contributed by atoms with E-state index in [0.29, 0.717) is 25.0 Å². The van der Waals surface area contributed by atoms with Crippen molar-refractivity contribution in [1.29, 1.82) is 0 Å². The number of piperidine rings is 1. The molecule has 2 aliphatic rings. The zero-order valence-electron chi connectivity index (χ0n) is 13.2. The lowest BCUT2D eigenvalue weighted by atomic mass is 9.95. The Labute approximate surface area is 135 Å². The number of hydrogen-bond acceptors (Lipinski definition) is 5. The number of fused-ring (bicyclic) bond motifs is 1. The number of nitrogens with one attached hydrogen (secondary N) is 1. The number of rotatable bonds is 4. The Kier molecular flexibility index (Phi) is 4.48. The zero-order chi connectivity index (χ0) is 16.6. The van der Waals surface area contributed by atoms with Crippen LogP contribution in [-0.2, 0) is 10.0 Å². The van der Waals surface area contributed by atoms with Gasteiger partial charge in [0.15, 0.2) is 11.5 Å². The fraction of sp³-hybridized carbons (Fsp3) is 0.600. The molecule has 2 aliphatic heterocycles. The molecular weight excluding hydrogens is 323 g/mol. The number of hydrogen-bond donors (Lipinski definition) is 1. The zero-order valence-corrected chi connectivity index (χ0v) is 14.0. The molecule has 1 aromatic carbocycles. The van der Waals surface area contributed by atoms with Crippen LogP contribution in [0.15, 0.2) is 17.0 Å². The van der Waals surface area contributed by atoms with Crippen molar-refractivity contribution < 1.29 is 22.3 Å². The molecule has 1 aromatic rings. The third-order valence-electron chi connectivity index (χ3n) is 4.67. The molecule has 23 heavy (non-hydrogen) atoms. The van der Waals surface area contributed by atoms with Crippen LogP contribution in [0.25, 0.3) is 0 Å². The Morgan fingerprint density at radius 2 is 1.91 bits per heavy atom. The van der Waals surface area contributed by atoms with Gasteiger partial charge < -0.3 is 14.8 Å². The summed E-state index contributed by atoms with van der Waals surface area (Å²) in [4.78, 5) is -0.362. The molecule has 0 amide bonds. The summed E-state index contributed by atoms with van der Waals surface area (Å²) in [6.07, 6.45) is 1.70. The Hall–Kier alpha value is -1.38. The number of methoxy groups -OCH3 is 2. The van der Waals surface area contributed by atoms with Crippen molar-refractivity contribution in [3.63, 3.8) is 0 Å². The predicted octanol–water partition coefficient (Wildman–Crippen LogP) is 1.22. The Morgan fingerprint density at radius 1 is 1.22 bits per heavy atom. The van der Waals surface area contributed by atoms with Crippen LogP contribution >= 0.6 is 0 Å². The maximum Gasteiger partial charge on any atom is 0.246 e. The van der Waals surface area contributed by atoms with E-state index in [1.807, 2.05) is 0 Å². The van der Waals surface area contributed by atoms with Gasteiger partial charge in [-0.15, -0.1) is 0 Å².